The highest BCUT2D eigenvalue weighted by atomic mass is 16.3. The highest BCUT2D eigenvalue weighted by Gasteiger charge is 2.17. The molecule has 29 heavy (non-hydrogen) atoms. The van der Waals surface area contributed by atoms with Gasteiger partial charge in [0, 0.05) is 55.9 Å². The Balaban J connectivity index is 1.46. The van der Waals surface area contributed by atoms with Crippen molar-refractivity contribution >= 4 is 5.82 Å². The second-order valence-electron chi connectivity index (χ2n) is 7.59. The van der Waals surface area contributed by atoms with E-state index in [1.807, 2.05) is 25.1 Å². The molecule has 6 nitrogen and oxygen atoms in total. The smallest absolute Gasteiger partial charge is 0.163 e. The zero-order chi connectivity index (χ0) is 20.1. The Morgan fingerprint density at radius 1 is 1.07 bits per heavy atom. The average molecular weight is 390 g/mol. The van der Waals surface area contributed by atoms with E-state index in [2.05, 4.69) is 49.4 Å². The molecule has 0 saturated carbocycles. The molecule has 4 rings (SSSR count). The van der Waals surface area contributed by atoms with Crippen molar-refractivity contribution in [3.63, 3.8) is 0 Å². The SMILES string of the molecule is Cc1cc(NCc2ccccc2CN2CCC(O)CC2)nc(-c2cccnc2)n1. The van der Waals surface area contributed by atoms with Crippen LogP contribution in [-0.2, 0) is 13.1 Å². The van der Waals surface area contributed by atoms with E-state index in [0.717, 1.165) is 49.6 Å². The molecule has 1 saturated heterocycles. The van der Waals surface area contributed by atoms with E-state index in [1.165, 1.54) is 11.1 Å². The summed E-state index contributed by atoms with van der Waals surface area (Å²) in [4.78, 5) is 15.8. The van der Waals surface area contributed by atoms with Crippen LogP contribution in [0, 0.1) is 6.92 Å². The van der Waals surface area contributed by atoms with Crippen LogP contribution in [0.4, 0.5) is 5.82 Å². The molecule has 3 heterocycles. The molecule has 1 aromatic carbocycles. The van der Waals surface area contributed by atoms with Crippen molar-refractivity contribution in [3.05, 3.63) is 71.7 Å². The van der Waals surface area contributed by atoms with Crippen LogP contribution in [0.25, 0.3) is 11.4 Å². The molecule has 0 unspecified atom stereocenters. The molecule has 2 N–H and O–H groups in total. The summed E-state index contributed by atoms with van der Waals surface area (Å²) in [6, 6.07) is 14.3. The van der Waals surface area contributed by atoms with Gasteiger partial charge in [0.05, 0.1) is 6.10 Å². The van der Waals surface area contributed by atoms with Crippen LogP contribution >= 0.6 is 0 Å². The first-order chi connectivity index (χ1) is 14.2. The number of aliphatic hydroxyl groups excluding tert-OH is 1. The first kappa shape index (κ1) is 19.5. The lowest BCUT2D eigenvalue weighted by Crippen LogP contribution is -2.35. The highest BCUT2D eigenvalue weighted by molar-refractivity contribution is 5.56. The fraction of sp³-hybridized carbons (Fsp3) is 0.348. The van der Waals surface area contributed by atoms with Crippen molar-refractivity contribution in [3.8, 4) is 11.4 Å². The van der Waals surface area contributed by atoms with E-state index >= 15 is 0 Å². The molecular weight excluding hydrogens is 362 g/mol. The van der Waals surface area contributed by atoms with E-state index in [1.54, 1.807) is 12.4 Å². The predicted molar refractivity (Wildman–Crippen MR) is 114 cm³/mol. The standard InChI is InChI=1S/C23H27N5O/c1-17-13-22(27-23(26-17)19-7-4-10-24-14-19)25-15-18-5-2-3-6-20(18)16-28-11-8-21(29)9-12-28/h2-7,10,13-14,21,29H,8-9,11-12,15-16H2,1H3,(H,25,26,27). The van der Waals surface area contributed by atoms with E-state index < -0.39 is 0 Å². The number of aliphatic hydroxyl groups is 1. The van der Waals surface area contributed by atoms with E-state index in [-0.39, 0.29) is 6.10 Å². The second kappa shape index (κ2) is 9.11. The summed E-state index contributed by atoms with van der Waals surface area (Å²) in [5.41, 5.74) is 4.40. The van der Waals surface area contributed by atoms with Crippen LogP contribution < -0.4 is 5.32 Å². The maximum Gasteiger partial charge on any atom is 0.163 e. The number of rotatable bonds is 6. The molecule has 150 valence electrons. The summed E-state index contributed by atoms with van der Waals surface area (Å²) in [7, 11) is 0. The lowest BCUT2D eigenvalue weighted by atomic mass is 10.0. The number of piperidine rings is 1. The van der Waals surface area contributed by atoms with Gasteiger partial charge in [0.25, 0.3) is 0 Å². The van der Waals surface area contributed by atoms with Gasteiger partial charge in [0.2, 0.25) is 0 Å². The van der Waals surface area contributed by atoms with Crippen molar-refractivity contribution in [2.45, 2.75) is 39.0 Å². The fourth-order valence-corrected chi connectivity index (χ4v) is 3.67. The molecule has 1 fully saturated rings. The van der Waals surface area contributed by atoms with Gasteiger partial charge in [-0.05, 0) is 43.0 Å². The van der Waals surface area contributed by atoms with Gasteiger partial charge in [-0.25, -0.2) is 9.97 Å². The molecule has 0 spiro atoms. The molecule has 0 radical (unpaired) electrons. The minimum Gasteiger partial charge on any atom is -0.393 e. The number of nitrogens with zero attached hydrogens (tertiary/aromatic N) is 4. The van der Waals surface area contributed by atoms with Crippen molar-refractivity contribution in [1.82, 2.24) is 19.9 Å². The Morgan fingerprint density at radius 3 is 2.62 bits per heavy atom. The number of aryl methyl sites for hydroxylation is 1. The Morgan fingerprint density at radius 2 is 1.86 bits per heavy atom. The lowest BCUT2D eigenvalue weighted by Gasteiger charge is -2.30. The van der Waals surface area contributed by atoms with Crippen molar-refractivity contribution in [2.75, 3.05) is 18.4 Å². The number of pyridine rings is 1. The number of nitrogens with one attached hydrogen (secondary N) is 1. The molecule has 3 aromatic rings. The predicted octanol–water partition coefficient (Wildman–Crippen LogP) is 3.42. The third kappa shape index (κ3) is 5.16. The zero-order valence-electron chi connectivity index (χ0n) is 16.8. The molecule has 0 atom stereocenters. The molecular formula is C23H27N5O. The van der Waals surface area contributed by atoms with Gasteiger partial charge in [0.1, 0.15) is 5.82 Å². The molecule has 6 heteroatoms. The maximum absolute atomic E-state index is 9.73. The van der Waals surface area contributed by atoms with Crippen LogP contribution in [0.15, 0.2) is 54.9 Å². The van der Waals surface area contributed by atoms with Crippen molar-refractivity contribution in [2.24, 2.45) is 0 Å². The maximum atomic E-state index is 9.73. The number of likely N-dealkylation sites (tertiary alicyclic amines) is 1. The van der Waals surface area contributed by atoms with Crippen LogP contribution in [-0.4, -0.2) is 44.2 Å². The molecule has 1 aliphatic rings. The third-order valence-corrected chi connectivity index (χ3v) is 5.30. The monoisotopic (exact) mass is 389 g/mol. The van der Waals surface area contributed by atoms with E-state index in [9.17, 15) is 5.11 Å². The lowest BCUT2D eigenvalue weighted by molar-refractivity contribution is 0.0791. The first-order valence-electron chi connectivity index (χ1n) is 10.1. The summed E-state index contributed by atoms with van der Waals surface area (Å²) in [5, 5.41) is 13.2. The van der Waals surface area contributed by atoms with Crippen molar-refractivity contribution in [1.29, 1.82) is 0 Å². The summed E-state index contributed by atoms with van der Waals surface area (Å²) >= 11 is 0. The normalized spacial score (nSPS) is 15.4. The van der Waals surface area contributed by atoms with Crippen molar-refractivity contribution < 1.29 is 5.11 Å². The van der Waals surface area contributed by atoms with Gasteiger partial charge < -0.3 is 10.4 Å². The minimum absolute atomic E-state index is 0.141. The molecule has 0 aliphatic carbocycles. The Bertz CT molecular complexity index is 939. The van der Waals surface area contributed by atoms with Gasteiger partial charge >= 0.3 is 0 Å². The number of anilines is 1. The van der Waals surface area contributed by atoms with Crippen LogP contribution in [0.1, 0.15) is 29.7 Å². The fourth-order valence-electron chi connectivity index (χ4n) is 3.67. The van der Waals surface area contributed by atoms with Crippen LogP contribution in [0.5, 0.6) is 0 Å². The third-order valence-electron chi connectivity index (χ3n) is 5.30. The van der Waals surface area contributed by atoms with E-state index in [4.69, 9.17) is 0 Å². The number of hydrogen-bond acceptors (Lipinski definition) is 6. The van der Waals surface area contributed by atoms with Gasteiger partial charge in [-0.3, -0.25) is 9.88 Å². The summed E-state index contributed by atoms with van der Waals surface area (Å²) < 4.78 is 0. The van der Waals surface area contributed by atoms with E-state index in [0.29, 0.717) is 12.4 Å². The Kier molecular flexibility index (Phi) is 6.12. The molecule has 0 bridgehead atoms. The van der Waals surface area contributed by atoms with Gasteiger partial charge in [-0.15, -0.1) is 0 Å². The quantitative estimate of drug-likeness (QED) is 0.673. The largest absolute Gasteiger partial charge is 0.393 e. The summed E-state index contributed by atoms with van der Waals surface area (Å²) in [6.07, 6.45) is 5.11. The van der Waals surface area contributed by atoms with Crippen LogP contribution in [0.2, 0.25) is 0 Å². The van der Waals surface area contributed by atoms with Gasteiger partial charge in [-0.2, -0.15) is 0 Å². The average Bonchev–Trinajstić information content (AvgIpc) is 2.75. The van der Waals surface area contributed by atoms with Gasteiger partial charge in [-0.1, -0.05) is 24.3 Å². The number of aromatic nitrogens is 3. The number of benzene rings is 1. The Labute approximate surface area is 171 Å². The number of hydrogen-bond donors (Lipinski definition) is 2. The molecule has 2 aromatic heterocycles. The highest BCUT2D eigenvalue weighted by Crippen LogP contribution is 2.20. The summed E-state index contributed by atoms with van der Waals surface area (Å²) in [5.74, 6) is 1.49. The first-order valence-corrected chi connectivity index (χ1v) is 10.1. The minimum atomic E-state index is -0.141. The molecule has 0 amide bonds. The zero-order valence-corrected chi connectivity index (χ0v) is 16.8. The summed E-state index contributed by atoms with van der Waals surface area (Å²) in [6.45, 7) is 5.49. The van der Waals surface area contributed by atoms with Gasteiger partial charge in [0.15, 0.2) is 5.82 Å². The molecule has 1 aliphatic heterocycles. The van der Waals surface area contributed by atoms with Crippen LogP contribution in [0.3, 0.4) is 0 Å². The Hall–Kier alpha value is -2.83. The second-order valence-corrected chi connectivity index (χ2v) is 7.59. The topological polar surface area (TPSA) is 74.2 Å².